The number of amides is 1. The van der Waals surface area contributed by atoms with Gasteiger partial charge in [-0.25, -0.2) is 9.50 Å². The van der Waals surface area contributed by atoms with Gasteiger partial charge in [0.15, 0.2) is 0 Å². The zero-order chi connectivity index (χ0) is 19.6. The van der Waals surface area contributed by atoms with Crippen molar-refractivity contribution in [2.75, 3.05) is 13.1 Å². The van der Waals surface area contributed by atoms with Crippen LogP contribution >= 0.6 is 11.8 Å². The Morgan fingerprint density at radius 1 is 1.11 bits per heavy atom. The fraction of sp³-hybridized carbons (Fsp3) is 0.400. The van der Waals surface area contributed by atoms with Crippen molar-refractivity contribution in [2.45, 2.75) is 45.0 Å². The van der Waals surface area contributed by atoms with Crippen molar-refractivity contribution in [3.63, 3.8) is 0 Å². The average molecular weight is 384 g/mol. The van der Waals surface area contributed by atoms with Crippen molar-refractivity contribution >= 4 is 23.4 Å². The summed E-state index contributed by atoms with van der Waals surface area (Å²) in [6.45, 7) is 11.4. The molecule has 0 saturated heterocycles. The Bertz CT molecular complexity index is 950. The van der Waals surface area contributed by atoms with E-state index in [9.17, 15) is 4.79 Å². The number of fused-ring (bicyclic) bond motifs is 1. The van der Waals surface area contributed by atoms with Crippen molar-refractivity contribution in [1.29, 1.82) is 0 Å². The molecule has 1 aromatic carbocycles. The highest BCUT2D eigenvalue weighted by Crippen LogP contribution is 2.35. The van der Waals surface area contributed by atoms with Crippen molar-refractivity contribution in [3.8, 4) is 0 Å². The molecular formula is C20H25N5OS. The van der Waals surface area contributed by atoms with Crippen molar-refractivity contribution in [2.24, 2.45) is 0 Å². The maximum Gasteiger partial charge on any atom is 0.253 e. The lowest BCUT2D eigenvalue weighted by Crippen LogP contribution is -2.33. The van der Waals surface area contributed by atoms with E-state index < -0.39 is 0 Å². The summed E-state index contributed by atoms with van der Waals surface area (Å²) in [6, 6.07) is 9.82. The van der Waals surface area contributed by atoms with Gasteiger partial charge < -0.3 is 4.90 Å². The maximum atomic E-state index is 13.1. The van der Waals surface area contributed by atoms with Gasteiger partial charge in [-0.2, -0.15) is 4.98 Å². The molecule has 2 aromatic heterocycles. The molecule has 0 spiro atoms. The van der Waals surface area contributed by atoms with E-state index >= 15 is 0 Å². The van der Waals surface area contributed by atoms with Gasteiger partial charge in [0.25, 0.3) is 5.78 Å². The van der Waals surface area contributed by atoms with Crippen LogP contribution in [0.2, 0.25) is 0 Å². The Balaban J connectivity index is 2.00. The van der Waals surface area contributed by atoms with Crippen LogP contribution in [0.1, 0.15) is 41.6 Å². The van der Waals surface area contributed by atoms with E-state index in [0.29, 0.717) is 24.0 Å². The number of thioether (sulfide) groups is 1. The molecule has 6 nitrogen and oxygen atoms in total. The molecule has 1 unspecified atom stereocenters. The minimum Gasteiger partial charge on any atom is -0.342 e. The van der Waals surface area contributed by atoms with Crippen molar-refractivity contribution < 1.29 is 4.79 Å². The minimum atomic E-state index is -0.383. The van der Waals surface area contributed by atoms with Gasteiger partial charge >= 0.3 is 0 Å². The first-order chi connectivity index (χ1) is 13.0. The molecule has 2 heterocycles. The third-order valence-corrected chi connectivity index (χ3v) is 5.96. The molecule has 3 aromatic rings. The minimum absolute atomic E-state index is 0.0760. The van der Waals surface area contributed by atoms with E-state index in [0.717, 1.165) is 22.5 Å². The van der Waals surface area contributed by atoms with Gasteiger partial charge in [-0.3, -0.25) is 4.79 Å². The monoisotopic (exact) mass is 383 g/mol. The summed E-state index contributed by atoms with van der Waals surface area (Å²) in [5.74, 6) is 0.646. The molecule has 0 radical (unpaired) electrons. The number of nitrogens with zero attached hydrogens (tertiary/aromatic N) is 5. The highest BCUT2D eigenvalue weighted by Gasteiger charge is 2.27. The molecule has 0 aliphatic rings. The molecule has 1 amide bonds. The van der Waals surface area contributed by atoms with Crippen molar-refractivity contribution in [3.05, 3.63) is 52.8 Å². The summed E-state index contributed by atoms with van der Waals surface area (Å²) >= 11 is 1.38. The van der Waals surface area contributed by atoms with E-state index in [2.05, 4.69) is 15.1 Å². The molecular weight excluding hydrogens is 358 g/mol. The predicted molar refractivity (Wildman–Crippen MR) is 108 cm³/mol. The van der Waals surface area contributed by atoms with Gasteiger partial charge in [0.1, 0.15) is 5.25 Å². The lowest BCUT2D eigenvalue weighted by atomic mass is 10.1. The number of carbonyl (C=O) groups excluding carboxylic acids is 1. The highest BCUT2D eigenvalue weighted by molar-refractivity contribution is 8.00. The first kappa shape index (κ1) is 19.4. The topological polar surface area (TPSA) is 63.4 Å². The fourth-order valence-electron chi connectivity index (χ4n) is 2.98. The van der Waals surface area contributed by atoms with Gasteiger partial charge in [0.2, 0.25) is 11.1 Å². The Labute approximate surface area is 164 Å². The van der Waals surface area contributed by atoms with Crippen molar-refractivity contribution in [1.82, 2.24) is 24.5 Å². The third-order valence-electron chi connectivity index (χ3n) is 4.87. The third kappa shape index (κ3) is 3.83. The summed E-state index contributed by atoms with van der Waals surface area (Å²) in [6.07, 6.45) is 0. The normalized spacial score (nSPS) is 12.3. The lowest BCUT2D eigenvalue weighted by Gasteiger charge is -2.24. The van der Waals surface area contributed by atoms with Gasteiger partial charge in [0.05, 0.1) is 0 Å². The number of aromatic nitrogens is 4. The largest absolute Gasteiger partial charge is 0.342 e. The molecule has 0 fully saturated rings. The smallest absolute Gasteiger partial charge is 0.253 e. The van der Waals surface area contributed by atoms with Crippen LogP contribution in [0.5, 0.6) is 0 Å². The molecule has 0 aliphatic heterocycles. The molecule has 7 heteroatoms. The van der Waals surface area contributed by atoms with E-state index in [1.165, 1.54) is 11.8 Å². The van der Waals surface area contributed by atoms with Crippen LogP contribution in [-0.4, -0.2) is 43.5 Å². The maximum absolute atomic E-state index is 13.1. The summed E-state index contributed by atoms with van der Waals surface area (Å²) in [7, 11) is 0. The second-order valence-corrected chi connectivity index (χ2v) is 7.51. The average Bonchev–Trinajstić information content (AvgIpc) is 3.08. The molecule has 3 rings (SSSR count). The predicted octanol–water partition coefficient (Wildman–Crippen LogP) is 3.75. The van der Waals surface area contributed by atoms with Gasteiger partial charge in [-0.05, 0) is 45.7 Å². The van der Waals surface area contributed by atoms with Crippen LogP contribution < -0.4 is 0 Å². The van der Waals surface area contributed by atoms with Crippen LogP contribution in [-0.2, 0) is 4.79 Å². The standard InChI is InChI=1S/C20H25N5OS/c1-6-24(7-2)18(26)17(16-11-9-8-10-12-16)27-20-22-19-21-14(4)13(3)15(5)25(19)23-20/h8-12,17H,6-7H2,1-5H3. The number of likely N-dealkylation sites (N-methyl/N-ethyl adjacent to an activating group) is 1. The summed E-state index contributed by atoms with van der Waals surface area (Å²) in [5.41, 5.74) is 4.02. The van der Waals surface area contributed by atoms with E-state index in [1.54, 1.807) is 4.52 Å². The van der Waals surface area contributed by atoms with Crippen LogP contribution in [0.3, 0.4) is 0 Å². The number of hydrogen-bond donors (Lipinski definition) is 0. The van der Waals surface area contributed by atoms with Crippen LogP contribution in [0.25, 0.3) is 5.78 Å². The van der Waals surface area contributed by atoms with Gasteiger partial charge in [-0.15, -0.1) is 5.10 Å². The fourth-order valence-corrected chi connectivity index (χ4v) is 4.00. The molecule has 0 saturated carbocycles. The molecule has 27 heavy (non-hydrogen) atoms. The van der Waals surface area contributed by atoms with E-state index in [4.69, 9.17) is 0 Å². The van der Waals surface area contributed by atoms with Crippen LogP contribution in [0, 0.1) is 20.8 Å². The number of carbonyl (C=O) groups is 1. The molecule has 142 valence electrons. The molecule has 0 N–H and O–H groups in total. The quantitative estimate of drug-likeness (QED) is 0.607. The first-order valence-electron chi connectivity index (χ1n) is 9.17. The zero-order valence-electron chi connectivity index (χ0n) is 16.4. The molecule has 0 bridgehead atoms. The number of aryl methyl sites for hydroxylation is 2. The Kier molecular flexibility index (Phi) is 5.79. The number of rotatable bonds is 6. The Morgan fingerprint density at radius 2 is 1.78 bits per heavy atom. The van der Waals surface area contributed by atoms with Crippen LogP contribution in [0.15, 0.2) is 35.5 Å². The first-order valence-corrected chi connectivity index (χ1v) is 10.0. The SMILES string of the molecule is CCN(CC)C(=O)C(Sc1nc2nc(C)c(C)c(C)n2n1)c1ccccc1. The summed E-state index contributed by atoms with van der Waals surface area (Å²) in [4.78, 5) is 24.1. The summed E-state index contributed by atoms with van der Waals surface area (Å²) < 4.78 is 1.76. The van der Waals surface area contributed by atoms with Crippen LogP contribution in [0.4, 0.5) is 0 Å². The van der Waals surface area contributed by atoms with Gasteiger partial charge in [0, 0.05) is 24.5 Å². The lowest BCUT2D eigenvalue weighted by molar-refractivity contribution is -0.130. The Morgan fingerprint density at radius 3 is 2.41 bits per heavy atom. The second-order valence-electron chi connectivity index (χ2n) is 6.43. The second kappa shape index (κ2) is 8.08. The highest BCUT2D eigenvalue weighted by atomic mass is 32.2. The zero-order valence-corrected chi connectivity index (χ0v) is 17.2. The number of benzene rings is 1. The molecule has 0 aliphatic carbocycles. The summed E-state index contributed by atoms with van der Waals surface area (Å²) in [5, 5.41) is 4.79. The number of hydrogen-bond acceptors (Lipinski definition) is 5. The van der Waals surface area contributed by atoms with E-state index in [-0.39, 0.29) is 11.2 Å². The van der Waals surface area contributed by atoms with Gasteiger partial charge in [-0.1, -0.05) is 42.1 Å². The van der Waals surface area contributed by atoms with E-state index in [1.807, 2.05) is 69.9 Å². The molecule has 1 atom stereocenters. The Hall–Kier alpha value is -2.41.